The molecular weight excluding hydrogens is 285 g/mol. The normalized spacial score (nSPS) is 20.8. The molecule has 0 saturated carbocycles. The Hall–Kier alpha value is -1.47. The predicted octanol–water partition coefficient (Wildman–Crippen LogP) is 1.59. The Bertz CT molecular complexity index is 585. The average molecular weight is 301 g/mol. The smallest absolute Gasteiger partial charge is 0.322 e. The van der Waals surface area contributed by atoms with Gasteiger partial charge < -0.3 is 5.11 Å². The third-order valence-electron chi connectivity index (χ3n) is 3.36. The van der Waals surface area contributed by atoms with E-state index >= 15 is 0 Å². The summed E-state index contributed by atoms with van der Waals surface area (Å²) in [6, 6.07) is 4.18. The lowest BCUT2D eigenvalue weighted by Gasteiger charge is -2.31. The first kappa shape index (κ1) is 14.9. The summed E-state index contributed by atoms with van der Waals surface area (Å²) in [4.78, 5) is 11.2. The first-order valence-corrected chi connectivity index (χ1v) is 7.98. The molecule has 1 atom stereocenters. The fourth-order valence-electron chi connectivity index (χ4n) is 2.36. The molecule has 1 N–H and O–H groups in total. The number of piperidine rings is 1. The number of halogens is 1. The maximum absolute atomic E-state index is 12.8. The number of aliphatic carboxylic acids is 1. The number of rotatable bonds is 4. The number of hydrogen-bond acceptors (Lipinski definition) is 3. The third kappa shape index (κ3) is 3.34. The van der Waals surface area contributed by atoms with Gasteiger partial charge in [-0.3, -0.25) is 4.79 Å². The number of benzene rings is 1. The SMILES string of the molecule is O=C(O)C1CCCCN1S(=O)(=O)Cc1ccc(F)cc1. The van der Waals surface area contributed by atoms with Crippen molar-refractivity contribution in [3.8, 4) is 0 Å². The largest absolute Gasteiger partial charge is 0.480 e. The maximum atomic E-state index is 12.8. The van der Waals surface area contributed by atoms with Gasteiger partial charge in [0.05, 0.1) is 5.75 Å². The maximum Gasteiger partial charge on any atom is 0.322 e. The Morgan fingerprint density at radius 3 is 2.55 bits per heavy atom. The van der Waals surface area contributed by atoms with Crippen molar-refractivity contribution in [2.75, 3.05) is 6.54 Å². The van der Waals surface area contributed by atoms with Gasteiger partial charge in [-0.15, -0.1) is 0 Å². The van der Waals surface area contributed by atoms with Crippen molar-refractivity contribution in [3.63, 3.8) is 0 Å². The lowest BCUT2D eigenvalue weighted by Crippen LogP contribution is -2.48. The average Bonchev–Trinajstić information content (AvgIpc) is 2.41. The van der Waals surface area contributed by atoms with E-state index in [-0.39, 0.29) is 12.3 Å². The molecule has 0 amide bonds. The van der Waals surface area contributed by atoms with Crippen molar-refractivity contribution in [2.24, 2.45) is 0 Å². The van der Waals surface area contributed by atoms with Crippen LogP contribution >= 0.6 is 0 Å². The van der Waals surface area contributed by atoms with Crippen LogP contribution in [-0.4, -0.2) is 36.4 Å². The first-order chi connectivity index (χ1) is 9.40. The molecule has 0 spiro atoms. The van der Waals surface area contributed by atoms with E-state index in [0.29, 0.717) is 24.8 Å². The van der Waals surface area contributed by atoms with Crippen LogP contribution in [0.3, 0.4) is 0 Å². The van der Waals surface area contributed by atoms with Crippen molar-refractivity contribution >= 4 is 16.0 Å². The van der Waals surface area contributed by atoms with E-state index < -0.39 is 27.9 Å². The number of nitrogens with zero attached hydrogens (tertiary/aromatic N) is 1. The highest BCUT2D eigenvalue weighted by Crippen LogP contribution is 2.23. The van der Waals surface area contributed by atoms with Crippen molar-refractivity contribution < 1.29 is 22.7 Å². The van der Waals surface area contributed by atoms with Crippen molar-refractivity contribution in [2.45, 2.75) is 31.1 Å². The van der Waals surface area contributed by atoms with Gasteiger partial charge in [-0.1, -0.05) is 12.1 Å². The monoisotopic (exact) mass is 301 g/mol. The molecule has 1 aliphatic heterocycles. The molecule has 5 nitrogen and oxygen atoms in total. The molecule has 0 bridgehead atoms. The first-order valence-electron chi connectivity index (χ1n) is 6.37. The van der Waals surface area contributed by atoms with Gasteiger partial charge in [-0.2, -0.15) is 4.31 Å². The van der Waals surface area contributed by atoms with E-state index in [0.717, 1.165) is 4.31 Å². The van der Waals surface area contributed by atoms with Crippen LogP contribution in [0, 0.1) is 5.82 Å². The molecule has 1 aromatic rings. The van der Waals surface area contributed by atoms with E-state index in [4.69, 9.17) is 5.11 Å². The van der Waals surface area contributed by atoms with Crippen LogP contribution in [0.5, 0.6) is 0 Å². The molecule has 1 aliphatic rings. The summed E-state index contributed by atoms with van der Waals surface area (Å²) in [5, 5.41) is 9.12. The number of carbonyl (C=O) groups is 1. The lowest BCUT2D eigenvalue weighted by molar-refractivity contribution is -0.142. The van der Waals surface area contributed by atoms with Crippen LogP contribution in [-0.2, 0) is 20.6 Å². The molecule has 0 radical (unpaired) electrons. The zero-order chi connectivity index (χ0) is 14.8. The van der Waals surface area contributed by atoms with Crippen molar-refractivity contribution in [1.82, 2.24) is 4.31 Å². The quantitative estimate of drug-likeness (QED) is 0.916. The number of hydrogen-bond donors (Lipinski definition) is 1. The predicted molar refractivity (Wildman–Crippen MR) is 71.0 cm³/mol. The molecule has 1 aromatic carbocycles. The fraction of sp³-hybridized carbons (Fsp3) is 0.462. The van der Waals surface area contributed by atoms with Gasteiger partial charge in [0, 0.05) is 6.54 Å². The van der Waals surface area contributed by atoms with Gasteiger partial charge in [-0.05, 0) is 37.0 Å². The second-order valence-electron chi connectivity index (χ2n) is 4.84. The molecule has 1 saturated heterocycles. The van der Waals surface area contributed by atoms with Gasteiger partial charge in [0.2, 0.25) is 10.0 Å². The Balaban J connectivity index is 2.20. The van der Waals surface area contributed by atoms with Gasteiger partial charge in [0.15, 0.2) is 0 Å². The van der Waals surface area contributed by atoms with Crippen LogP contribution in [0.4, 0.5) is 4.39 Å². The Labute approximate surface area is 117 Å². The highest BCUT2D eigenvalue weighted by atomic mass is 32.2. The summed E-state index contributed by atoms with van der Waals surface area (Å²) < 4.78 is 38.5. The Morgan fingerprint density at radius 1 is 1.30 bits per heavy atom. The molecule has 0 aromatic heterocycles. The molecule has 20 heavy (non-hydrogen) atoms. The molecule has 110 valence electrons. The zero-order valence-electron chi connectivity index (χ0n) is 10.8. The Kier molecular flexibility index (Phi) is 4.39. The molecular formula is C13H16FNO4S. The second-order valence-corrected chi connectivity index (χ2v) is 6.76. The van der Waals surface area contributed by atoms with Gasteiger partial charge >= 0.3 is 5.97 Å². The molecule has 7 heteroatoms. The highest BCUT2D eigenvalue weighted by Gasteiger charge is 2.36. The van der Waals surface area contributed by atoms with E-state index in [9.17, 15) is 17.6 Å². The minimum atomic E-state index is -3.71. The van der Waals surface area contributed by atoms with Crippen LogP contribution in [0.15, 0.2) is 24.3 Å². The van der Waals surface area contributed by atoms with E-state index in [1.54, 1.807) is 0 Å². The van der Waals surface area contributed by atoms with Crippen molar-refractivity contribution in [1.29, 1.82) is 0 Å². The summed E-state index contributed by atoms with van der Waals surface area (Å²) in [7, 11) is -3.71. The van der Waals surface area contributed by atoms with E-state index in [2.05, 4.69) is 0 Å². The van der Waals surface area contributed by atoms with Crippen LogP contribution < -0.4 is 0 Å². The summed E-state index contributed by atoms with van der Waals surface area (Å²) in [5.41, 5.74) is 0.445. The molecule has 0 aliphatic carbocycles. The molecule has 2 rings (SSSR count). The van der Waals surface area contributed by atoms with Crippen LogP contribution in [0.25, 0.3) is 0 Å². The number of carboxylic acid groups (broad SMARTS) is 1. The minimum absolute atomic E-state index is 0.223. The summed E-state index contributed by atoms with van der Waals surface area (Å²) in [6.45, 7) is 0.223. The van der Waals surface area contributed by atoms with Crippen LogP contribution in [0.1, 0.15) is 24.8 Å². The van der Waals surface area contributed by atoms with Crippen molar-refractivity contribution in [3.05, 3.63) is 35.6 Å². The van der Waals surface area contributed by atoms with Crippen LogP contribution in [0.2, 0.25) is 0 Å². The highest BCUT2D eigenvalue weighted by molar-refractivity contribution is 7.88. The van der Waals surface area contributed by atoms with Gasteiger partial charge in [0.25, 0.3) is 0 Å². The number of sulfonamides is 1. The fourth-order valence-corrected chi connectivity index (χ4v) is 4.13. The lowest BCUT2D eigenvalue weighted by atomic mass is 10.1. The number of carboxylic acids is 1. The summed E-state index contributed by atoms with van der Waals surface area (Å²) >= 11 is 0. The minimum Gasteiger partial charge on any atom is -0.480 e. The summed E-state index contributed by atoms with van der Waals surface area (Å²) in [6.07, 6.45) is 1.70. The van der Waals surface area contributed by atoms with E-state index in [1.165, 1.54) is 24.3 Å². The Morgan fingerprint density at radius 2 is 1.95 bits per heavy atom. The summed E-state index contributed by atoms with van der Waals surface area (Å²) in [5.74, 6) is -1.86. The zero-order valence-corrected chi connectivity index (χ0v) is 11.6. The second kappa shape index (κ2) is 5.88. The topological polar surface area (TPSA) is 74.7 Å². The molecule has 1 fully saturated rings. The third-order valence-corrected chi connectivity index (χ3v) is 5.21. The molecule has 1 unspecified atom stereocenters. The standard InChI is InChI=1S/C13H16FNO4S/c14-11-6-4-10(5-7-11)9-20(18,19)15-8-2-1-3-12(15)13(16)17/h4-7,12H,1-3,8-9H2,(H,16,17). The van der Waals surface area contributed by atoms with Gasteiger partial charge in [0.1, 0.15) is 11.9 Å². The van der Waals surface area contributed by atoms with Gasteiger partial charge in [-0.25, -0.2) is 12.8 Å². The molecule has 1 heterocycles. The van der Waals surface area contributed by atoms with E-state index in [1.807, 2.05) is 0 Å².